The second-order valence-electron chi connectivity index (χ2n) is 5.98. The Morgan fingerprint density at radius 1 is 1.07 bits per heavy atom. The van der Waals surface area contributed by atoms with Gasteiger partial charge in [-0.2, -0.15) is 4.31 Å². The zero-order chi connectivity index (χ0) is 20.2. The summed E-state index contributed by atoms with van der Waals surface area (Å²) in [7, 11) is -3.50. The number of nitrogens with one attached hydrogen (secondary N) is 1. The second-order valence-corrected chi connectivity index (χ2v) is 8.76. The molecule has 2 aromatic rings. The van der Waals surface area contributed by atoms with Gasteiger partial charge in [0.15, 0.2) is 0 Å². The summed E-state index contributed by atoms with van der Waals surface area (Å²) in [6, 6.07) is 10.9. The van der Waals surface area contributed by atoms with Crippen LogP contribution < -0.4 is 5.32 Å². The van der Waals surface area contributed by atoms with Gasteiger partial charge in [-0.25, -0.2) is 8.42 Å². The van der Waals surface area contributed by atoms with Crippen LogP contribution in [0.2, 0.25) is 10.0 Å². The first-order valence-corrected chi connectivity index (χ1v) is 10.8. The van der Waals surface area contributed by atoms with Gasteiger partial charge in [-0.15, -0.1) is 0 Å². The van der Waals surface area contributed by atoms with E-state index in [1.807, 2.05) is 6.92 Å². The monoisotopic (exact) mass is 428 g/mol. The number of amides is 1. The smallest absolute Gasteiger partial charge is 0.253 e. The van der Waals surface area contributed by atoms with Crippen molar-refractivity contribution in [1.82, 2.24) is 9.62 Å². The van der Waals surface area contributed by atoms with E-state index in [9.17, 15) is 13.2 Å². The lowest BCUT2D eigenvalue weighted by Gasteiger charge is -2.19. The lowest BCUT2D eigenvalue weighted by atomic mass is 10.1. The van der Waals surface area contributed by atoms with Crippen molar-refractivity contribution < 1.29 is 13.2 Å². The molecule has 1 amide bonds. The molecular weight excluding hydrogens is 407 g/mol. The number of carbonyl (C=O) groups is 1. The predicted molar refractivity (Wildman–Crippen MR) is 109 cm³/mol. The van der Waals surface area contributed by atoms with Crippen molar-refractivity contribution in [3.05, 3.63) is 63.6 Å². The molecule has 0 aliphatic carbocycles. The number of hydrogen-bond donors (Lipinski definition) is 1. The van der Waals surface area contributed by atoms with Crippen molar-refractivity contribution in [1.29, 1.82) is 0 Å². The highest BCUT2D eigenvalue weighted by Crippen LogP contribution is 2.23. The molecule has 27 heavy (non-hydrogen) atoms. The van der Waals surface area contributed by atoms with Crippen LogP contribution >= 0.6 is 23.2 Å². The molecule has 0 spiro atoms. The van der Waals surface area contributed by atoms with Gasteiger partial charge in [0.25, 0.3) is 5.91 Å². The molecule has 0 aromatic heterocycles. The third kappa shape index (κ3) is 5.02. The summed E-state index contributed by atoms with van der Waals surface area (Å²) in [6.45, 7) is 6.24. The molecule has 0 bridgehead atoms. The molecule has 1 unspecified atom stereocenters. The van der Waals surface area contributed by atoms with E-state index in [0.29, 0.717) is 23.7 Å². The van der Waals surface area contributed by atoms with Gasteiger partial charge in [0.05, 0.1) is 21.5 Å². The van der Waals surface area contributed by atoms with Crippen molar-refractivity contribution >= 4 is 39.1 Å². The topological polar surface area (TPSA) is 66.5 Å². The molecule has 0 radical (unpaired) electrons. The maximum Gasteiger partial charge on any atom is 0.253 e. The average Bonchev–Trinajstić information content (AvgIpc) is 2.62. The Bertz CT molecular complexity index is 911. The van der Waals surface area contributed by atoms with Crippen LogP contribution in [0.5, 0.6) is 0 Å². The van der Waals surface area contributed by atoms with Crippen LogP contribution in [-0.4, -0.2) is 31.7 Å². The van der Waals surface area contributed by atoms with Gasteiger partial charge in [0.2, 0.25) is 10.0 Å². The Morgan fingerprint density at radius 2 is 1.67 bits per heavy atom. The van der Waals surface area contributed by atoms with Gasteiger partial charge in [0.1, 0.15) is 0 Å². The number of hydrogen-bond acceptors (Lipinski definition) is 3. The quantitative estimate of drug-likeness (QED) is 0.704. The minimum absolute atomic E-state index is 0.231. The zero-order valence-corrected chi connectivity index (χ0v) is 17.7. The van der Waals surface area contributed by atoms with Crippen LogP contribution in [0.25, 0.3) is 0 Å². The Hall–Kier alpha value is -1.60. The number of rotatable bonds is 7. The van der Waals surface area contributed by atoms with Crippen molar-refractivity contribution in [2.45, 2.75) is 31.7 Å². The summed E-state index contributed by atoms with van der Waals surface area (Å²) in [5.74, 6) is -0.330. The maximum absolute atomic E-state index is 12.5. The number of halogens is 2. The van der Waals surface area contributed by atoms with Gasteiger partial charge in [-0.3, -0.25) is 4.79 Å². The van der Waals surface area contributed by atoms with Crippen LogP contribution in [0.4, 0.5) is 0 Å². The fourth-order valence-electron chi connectivity index (χ4n) is 2.67. The molecule has 0 saturated heterocycles. The highest BCUT2D eigenvalue weighted by Gasteiger charge is 2.22. The van der Waals surface area contributed by atoms with E-state index in [4.69, 9.17) is 23.2 Å². The Balaban J connectivity index is 2.16. The Kier molecular flexibility index (Phi) is 7.28. The number of benzene rings is 2. The van der Waals surface area contributed by atoms with Crippen LogP contribution in [0.3, 0.4) is 0 Å². The molecule has 0 aliphatic heterocycles. The summed E-state index contributed by atoms with van der Waals surface area (Å²) in [5, 5.41) is 3.57. The molecule has 2 aromatic carbocycles. The van der Waals surface area contributed by atoms with Gasteiger partial charge in [0, 0.05) is 18.1 Å². The van der Waals surface area contributed by atoms with E-state index >= 15 is 0 Å². The van der Waals surface area contributed by atoms with Crippen LogP contribution in [-0.2, 0) is 10.0 Å². The third-order valence-electron chi connectivity index (χ3n) is 4.25. The van der Waals surface area contributed by atoms with Crippen LogP contribution in [0, 0.1) is 0 Å². The fraction of sp³-hybridized carbons (Fsp3) is 0.316. The van der Waals surface area contributed by atoms with Crippen molar-refractivity contribution in [3.8, 4) is 0 Å². The zero-order valence-electron chi connectivity index (χ0n) is 15.4. The normalized spacial score (nSPS) is 12.8. The third-order valence-corrected chi connectivity index (χ3v) is 6.86. The van der Waals surface area contributed by atoms with E-state index in [-0.39, 0.29) is 21.9 Å². The lowest BCUT2D eigenvalue weighted by molar-refractivity contribution is 0.0940. The van der Waals surface area contributed by atoms with Crippen molar-refractivity contribution in [2.24, 2.45) is 0 Å². The van der Waals surface area contributed by atoms with Crippen LogP contribution in [0.1, 0.15) is 42.7 Å². The maximum atomic E-state index is 12.5. The Morgan fingerprint density at radius 3 is 2.19 bits per heavy atom. The summed E-state index contributed by atoms with van der Waals surface area (Å²) in [6.07, 6.45) is 0. The average molecular weight is 429 g/mol. The molecule has 8 heteroatoms. The molecule has 0 heterocycles. The van der Waals surface area contributed by atoms with Gasteiger partial charge < -0.3 is 5.32 Å². The Labute approximate surface area is 170 Å². The van der Waals surface area contributed by atoms with Crippen molar-refractivity contribution in [2.75, 3.05) is 13.1 Å². The standard InChI is InChI=1S/C19H22Cl2N2O3S/c1-4-23(5-2)27(25,26)16-9-6-14(7-10-16)13(3)22-19(24)17-11-8-15(20)12-18(17)21/h6-13H,4-5H2,1-3H3,(H,22,24). The molecule has 0 fully saturated rings. The summed E-state index contributed by atoms with van der Waals surface area (Å²) in [4.78, 5) is 12.6. The highest BCUT2D eigenvalue weighted by atomic mass is 35.5. The molecule has 1 atom stereocenters. The second kappa shape index (κ2) is 9.06. The first kappa shape index (κ1) is 21.7. The van der Waals surface area contributed by atoms with E-state index in [2.05, 4.69) is 5.32 Å². The molecule has 1 N–H and O–H groups in total. The summed E-state index contributed by atoms with van der Waals surface area (Å²) < 4.78 is 26.5. The molecule has 2 rings (SSSR count). The molecular formula is C19H22Cl2N2O3S. The van der Waals surface area contributed by atoms with Crippen molar-refractivity contribution in [3.63, 3.8) is 0 Å². The predicted octanol–water partition coefficient (Wildman–Crippen LogP) is 4.51. The van der Waals surface area contributed by atoms with E-state index in [0.717, 1.165) is 5.56 Å². The molecule has 5 nitrogen and oxygen atoms in total. The summed E-state index contributed by atoms with van der Waals surface area (Å²) in [5.41, 5.74) is 1.11. The highest BCUT2D eigenvalue weighted by molar-refractivity contribution is 7.89. The largest absolute Gasteiger partial charge is 0.345 e. The number of nitrogens with zero attached hydrogens (tertiary/aromatic N) is 1. The first-order valence-electron chi connectivity index (χ1n) is 8.56. The van der Waals surface area contributed by atoms with Crippen LogP contribution in [0.15, 0.2) is 47.4 Å². The fourth-order valence-corrected chi connectivity index (χ4v) is 4.62. The van der Waals surface area contributed by atoms with E-state index in [1.165, 1.54) is 10.4 Å². The number of sulfonamides is 1. The van der Waals surface area contributed by atoms with Gasteiger partial charge >= 0.3 is 0 Å². The molecule has 0 aliphatic rings. The SMILES string of the molecule is CCN(CC)S(=O)(=O)c1ccc(C(C)NC(=O)c2ccc(Cl)cc2Cl)cc1. The lowest BCUT2D eigenvalue weighted by Crippen LogP contribution is -2.30. The van der Waals surface area contributed by atoms with E-state index in [1.54, 1.807) is 50.2 Å². The minimum atomic E-state index is -3.50. The van der Waals surface area contributed by atoms with E-state index < -0.39 is 10.0 Å². The first-order chi connectivity index (χ1) is 12.7. The van der Waals surface area contributed by atoms with Gasteiger partial charge in [-0.1, -0.05) is 49.2 Å². The molecule has 146 valence electrons. The molecule has 0 saturated carbocycles. The summed E-state index contributed by atoms with van der Waals surface area (Å²) >= 11 is 11.9. The van der Waals surface area contributed by atoms with Gasteiger partial charge in [-0.05, 0) is 42.8 Å². The number of carbonyl (C=O) groups excluding carboxylic acids is 1. The minimum Gasteiger partial charge on any atom is -0.345 e.